The number of nitrogens with one attached hydrogen (secondary N) is 1. The number of amides is 1. The molecule has 1 fully saturated rings. The van der Waals surface area contributed by atoms with E-state index in [0.29, 0.717) is 30.4 Å². The lowest BCUT2D eigenvalue weighted by Crippen LogP contribution is -2.43. The van der Waals surface area contributed by atoms with Gasteiger partial charge in [0.25, 0.3) is 0 Å². The van der Waals surface area contributed by atoms with E-state index in [1.807, 2.05) is 30.5 Å². The van der Waals surface area contributed by atoms with E-state index >= 15 is 0 Å². The third kappa shape index (κ3) is 5.16. The summed E-state index contributed by atoms with van der Waals surface area (Å²) in [6, 6.07) is 7.60. The number of piperidine rings is 1. The Hall–Kier alpha value is -3.62. The zero-order valence-corrected chi connectivity index (χ0v) is 18.4. The molecule has 0 spiro atoms. The van der Waals surface area contributed by atoms with E-state index in [1.165, 1.54) is 0 Å². The predicted octanol–water partition coefficient (Wildman–Crippen LogP) is 2.74. The molecule has 1 aliphatic rings. The molecule has 0 saturated carbocycles. The molecular formula is C23H28N6O3. The molecule has 168 valence electrons. The maximum Gasteiger partial charge on any atom is 0.236 e. The number of anilines is 1. The number of carbonyl (C=O) groups excluding carboxylic acids is 1. The summed E-state index contributed by atoms with van der Waals surface area (Å²) in [4.78, 5) is 28.1. The van der Waals surface area contributed by atoms with Crippen molar-refractivity contribution in [1.82, 2.24) is 24.8 Å². The fraction of sp³-hybridized carbons (Fsp3) is 0.391. The lowest BCUT2D eigenvalue weighted by molar-refractivity contribution is -0.121. The molecular weight excluding hydrogens is 408 g/mol. The Balaban J connectivity index is 1.41. The first-order chi connectivity index (χ1) is 15.7. The van der Waals surface area contributed by atoms with Crippen LogP contribution in [-0.4, -0.2) is 52.2 Å². The molecule has 1 aliphatic heterocycles. The number of benzene rings is 1. The minimum Gasteiger partial charge on any atom is -0.497 e. The molecule has 1 amide bonds. The summed E-state index contributed by atoms with van der Waals surface area (Å²) in [7, 11) is 3.22. The largest absolute Gasteiger partial charge is 0.497 e. The maximum absolute atomic E-state index is 12.8. The zero-order valence-electron chi connectivity index (χ0n) is 18.4. The molecule has 0 bridgehead atoms. The Morgan fingerprint density at radius 3 is 2.69 bits per heavy atom. The highest BCUT2D eigenvalue weighted by atomic mass is 16.5. The molecule has 1 aromatic carbocycles. The average Bonchev–Trinajstić information content (AvgIpc) is 3.38. The summed E-state index contributed by atoms with van der Waals surface area (Å²) in [6.45, 7) is 1.28. The van der Waals surface area contributed by atoms with Gasteiger partial charge in [-0.25, -0.2) is 9.97 Å². The van der Waals surface area contributed by atoms with Gasteiger partial charge in [0, 0.05) is 50.2 Å². The van der Waals surface area contributed by atoms with Gasteiger partial charge in [0.2, 0.25) is 11.9 Å². The smallest absolute Gasteiger partial charge is 0.236 e. The number of hydrogen-bond donors (Lipinski definition) is 1. The van der Waals surface area contributed by atoms with Crippen molar-refractivity contribution >= 4 is 11.7 Å². The Morgan fingerprint density at radius 1 is 1.16 bits per heavy atom. The Bertz CT molecular complexity index is 1020. The molecule has 4 rings (SSSR count). The number of rotatable bonds is 8. The first-order valence-corrected chi connectivity index (χ1v) is 10.7. The summed E-state index contributed by atoms with van der Waals surface area (Å²) < 4.78 is 12.4. The second kappa shape index (κ2) is 10.1. The molecule has 1 saturated heterocycles. The SMILES string of the molecule is COc1cc(CNC(=O)CC2CCCCN2c2ccnc(-n3ccnc3)n2)cc(OC)c1. The minimum atomic E-state index is 0.00701. The normalized spacial score (nSPS) is 15.9. The van der Waals surface area contributed by atoms with Crippen LogP contribution >= 0.6 is 0 Å². The molecule has 1 unspecified atom stereocenters. The van der Waals surface area contributed by atoms with Crippen molar-refractivity contribution in [3.8, 4) is 17.4 Å². The molecule has 2 aromatic heterocycles. The Kier molecular flexibility index (Phi) is 6.84. The first-order valence-electron chi connectivity index (χ1n) is 10.7. The Morgan fingerprint density at radius 2 is 1.97 bits per heavy atom. The van der Waals surface area contributed by atoms with Crippen molar-refractivity contribution in [2.24, 2.45) is 0 Å². The summed E-state index contributed by atoms with van der Waals surface area (Å²) in [6.07, 6.45) is 10.5. The topological polar surface area (TPSA) is 94.4 Å². The monoisotopic (exact) mass is 436 g/mol. The van der Waals surface area contributed by atoms with Crippen LogP contribution in [0, 0.1) is 0 Å². The second-order valence-electron chi connectivity index (χ2n) is 7.73. The second-order valence-corrected chi connectivity index (χ2v) is 7.73. The van der Waals surface area contributed by atoms with Gasteiger partial charge in [0.1, 0.15) is 23.6 Å². The van der Waals surface area contributed by atoms with Crippen LogP contribution < -0.4 is 19.7 Å². The third-order valence-corrected chi connectivity index (χ3v) is 5.61. The molecule has 1 atom stereocenters. The number of ether oxygens (including phenoxy) is 2. The number of nitrogens with zero attached hydrogens (tertiary/aromatic N) is 5. The van der Waals surface area contributed by atoms with Crippen LogP contribution in [0.1, 0.15) is 31.2 Å². The summed E-state index contributed by atoms with van der Waals surface area (Å²) in [5, 5.41) is 3.03. The van der Waals surface area contributed by atoms with E-state index in [0.717, 1.165) is 37.2 Å². The van der Waals surface area contributed by atoms with Crippen molar-refractivity contribution in [2.45, 2.75) is 38.3 Å². The van der Waals surface area contributed by atoms with Crippen LogP contribution in [0.4, 0.5) is 5.82 Å². The van der Waals surface area contributed by atoms with E-state index in [2.05, 4.69) is 20.2 Å². The fourth-order valence-corrected chi connectivity index (χ4v) is 3.97. The summed E-state index contributed by atoms with van der Waals surface area (Å²) >= 11 is 0. The van der Waals surface area contributed by atoms with Crippen LogP contribution in [0.5, 0.6) is 11.5 Å². The molecule has 3 aromatic rings. The van der Waals surface area contributed by atoms with Crippen LogP contribution in [0.15, 0.2) is 49.2 Å². The van der Waals surface area contributed by atoms with Gasteiger partial charge < -0.3 is 19.7 Å². The molecule has 32 heavy (non-hydrogen) atoms. The predicted molar refractivity (Wildman–Crippen MR) is 120 cm³/mol. The van der Waals surface area contributed by atoms with Crippen molar-refractivity contribution in [1.29, 1.82) is 0 Å². The fourth-order valence-electron chi connectivity index (χ4n) is 3.97. The van der Waals surface area contributed by atoms with Crippen molar-refractivity contribution < 1.29 is 14.3 Å². The lowest BCUT2D eigenvalue weighted by Gasteiger charge is -2.36. The van der Waals surface area contributed by atoms with Crippen LogP contribution in [-0.2, 0) is 11.3 Å². The van der Waals surface area contributed by atoms with Crippen molar-refractivity contribution in [3.63, 3.8) is 0 Å². The van der Waals surface area contributed by atoms with Gasteiger partial charge in [-0.05, 0) is 43.0 Å². The highest BCUT2D eigenvalue weighted by Crippen LogP contribution is 2.26. The lowest BCUT2D eigenvalue weighted by atomic mass is 9.99. The summed E-state index contributed by atoms with van der Waals surface area (Å²) in [5.41, 5.74) is 0.927. The molecule has 1 N–H and O–H groups in total. The van der Waals surface area contributed by atoms with E-state index in [9.17, 15) is 4.79 Å². The standard InChI is InChI=1S/C23H28N6O3/c1-31-19-11-17(12-20(14-19)32-2)15-26-22(30)13-18-5-3-4-9-29(18)21-6-7-25-23(27-21)28-10-8-24-16-28/h6-8,10-12,14,16,18H,3-5,9,13,15H2,1-2H3,(H,26,30). The van der Waals surface area contributed by atoms with Gasteiger partial charge in [0.05, 0.1) is 14.2 Å². The van der Waals surface area contributed by atoms with Crippen LogP contribution in [0.2, 0.25) is 0 Å². The van der Waals surface area contributed by atoms with Gasteiger partial charge in [-0.2, -0.15) is 4.98 Å². The maximum atomic E-state index is 12.8. The van der Waals surface area contributed by atoms with E-state index in [4.69, 9.17) is 14.5 Å². The van der Waals surface area contributed by atoms with Gasteiger partial charge in [0.15, 0.2) is 0 Å². The van der Waals surface area contributed by atoms with E-state index in [-0.39, 0.29) is 11.9 Å². The van der Waals surface area contributed by atoms with E-state index in [1.54, 1.807) is 37.5 Å². The van der Waals surface area contributed by atoms with Gasteiger partial charge in [-0.15, -0.1) is 0 Å². The highest BCUT2D eigenvalue weighted by molar-refractivity contribution is 5.77. The minimum absolute atomic E-state index is 0.00701. The molecule has 9 nitrogen and oxygen atoms in total. The number of carbonyl (C=O) groups is 1. The summed E-state index contributed by atoms with van der Waals surface area (Å²) in [5.74, 6) is 2.81. The Labute approximate surface area is 187 Å². The first kappa shape index (κ1) is 21.6. The molecule has 9 heteroatoms. The third-order valence-electron chi connectivity index (χ3n) is 5.61. The molecule has 0 aliphatic carbocycles. The zero-order chi connectivity index (χ0) is 22.3. The number of imidazole rings is 1. The molecule has 3 heterocycles. The molecule has 0 radical (unpaired) electrons. The van der Waals surface area contributed by atoms with Crippen molar-refractivity contribution in [2.75, 3.05) is 25.7 Å². The number of hydrogen-bond acceptors (Lipinski definition) is 7. The van der Waals surface area contributed by atoms with E-state index < -0.39 is 0 Å². The average molecular weight is 437 g/mol. The van der Waals surface area contributed by atoms with Crippen molar-refractivity contribution in [3.05, 3.63) is 54.7 Å². The van der Waals surface area contributed by atoms with Gasteiger partial charge in [-0.1, -0.05) is 0 Å². The number of aromatic nitrogens is 4. The number of methoxy groups -OCH3 is 2. The van der Waals surface area contributed by atoms with Gasteiger partial charge >= 0.3 is 0 Å². The van der Waals surface area contributed by atoms with Crippen LogP contribution in [0.3, 0.4) is 0 Å². The van der Waals surface area contributed by atoms with Gasteiger partial charge in [-0.3, -0.25) is 9.36 Å². The highest BCUT2D eigenvalue weighted by Gasteiger charge is 2.26. The quantitative estimate of drug-likeness (QED) is 0.580. The van der Waals surface area contributed by atoms with Crippen LogP contribution in [0.25, 0.3) is 5.95 Å².